The van der Waals surface area contributed by atoms with E-state index in [0.29, 0.717) is 34.0 Å². The van der Waals surface area contributed by atoms with Gasteiger partial charge in [0.15, 0.2) is 5.76 Å². The summed E-state index contributed by atoms with van der Waals surface area (Å²) in [6, 6.07) is 17.2. The lowest BCUT2D eigenvalue weighted by Crippen LogP contribution is -2.38. The fourth-order valence-electron chi connectivity index (χ4n) is 6.79. The molecule has 0 aliphatic carbocycles. The van der Waals surface area contributed by atoms with Gasteiger partial charge in [-0.1, -0.05) is 0 Å². The van der Waals surface area contributed by atoms with Crippen molar-refractivity contribution in [1.82, 2.24) is 24.6 Å². The molecule has 2 aliphatic heterocycles. The molecule has 0 bridgehead atoms. The van der Waals surface area contributed by atoms with E-state index in [2.05, 4.69) is 32.7 Å². The first kappa shape index (κ1) is 32.7. The second-order valence-corrected chi connectivity index (χ2v) is 12.9. The summed E-state index contributed by atoms with van der Waals surface area (Å²) in [6.07, 6.45) is 2.70. The highest BCUT2D eigenvalue weighted by atomic mass is 16.5. The van der Waals surface area contributed by atoms with Gasteiger partial charge in [-0.25, -0.2) is 4.79 Å². The summed E-state index contributed by atoms with van der Waals surface area (Å²) in [5.74, 6) is 0.882. The number of carbonyl (C=O) groups excluding carboxylic acids is 3. The minimum absolute atomic E-state index is 0.0531. The van der Waals surface area contributed by atoms with Crippen LogP contribution in [0.15, 0.2) is 66.4 Å². The zero-order valence-corrected chi connectivity index (χ0v) is 28.9. The molecule has 0 saturated carbocycles. The standard InChI is InChI=1S/C38H39N7O5/c1-21-34(22(2)45(5)42-21)35-29(28-18-27(49-6)12-13-31(28)41-35)19-33-36(46)30-17-25(11-14-32(30)50-33)40-38(48)39-24-9-7-23(8-10-24)37(47)44(4)26-15-16-43(3)20-26/h7-14,17-19,26,41H,15-16,20H2,1-6H3,(H2,39,40,48). The third-order valence-electron chi connectivity index (χ3n) is 9.63. The minimum atomic E-state index is -0.489. The largest absolute Gasteiger partial charge is 0.497 e. The number of anilines is 2. The van der Waals surface area contributed by atoms with Crippen LogP contribution in [0.25, 0.3) is 28.2 Å². The number of aromatic amines is 1. The molecule has 4 heterocycles. The second kappa shape index (κ2) is 12.9. The third-order valence-corrected chi connectivity index (χ3v) is 9.63. The number of H-pyrrole nitrogens is 1. The molecule has 1 saturated heterocycles. The molecule has 2 aromatic heterocycles. The molecule has 50 heavy (non-hydrogen) atoms. The van der Waals surface area contributed by atoms with Crippen LogP contribution in [0.4, 0.5) is 16.2 Å². The predicted octanol–water partition coefficient (Wildman–Crippen LogP) is 6.23. The summed E-state index contributed by atoms with van der Waals surface area (Å²) in [4.78, 5) is 47.2. The third kappa shape index (κ3) is 5.98. The zero-order valence-electron chi connectivity index (χ0n) is 28.9. The van der Waals surface area contributed by atoms with Crippen LogP contribution in [-0.2, 0) is 7.05 Å². The number of hydrogen-bond donors (Lipinski definition) is 3. The quantitative estimate of drug-likeness (QED) is 0.175. The summed E-state index contributed by atoms with van der Waals surface area (Å²) in [5, 5.41) is 11.1. The number of ether oxygens (including phenoxy) is 2. The molecule has 0 spiro atoms. The van der Waals surface area contributed by atoms with Gasteiger partial charge in [-0.05, 0) is 101 Å². The summed E-state index contributed by atoms with van der Waals surface area (Å²) in [5.41, 5.74) is 7.08. The van der Waals surface area contributed by atoms with E-state index in [1.54, 1.807) is 60.6 Å². The van der Waals surface area contributed by atoms with E-state index in [0.717, 1.165) is 58.6 Å². The molecule has 12 nitrogen and oxygen atoms in total. The van der Waals surface area contributed by atoms with Crippen molar-refractivity contribution in [3.8, 4) is 22.8 Å². The number of ketones is 1. The number of likely N-dealkylation sites (N-methyl/N-ethyl adjacent to an activating group) is 2. The summed E-state index contributed by atoms with van der Waals surface area (Å²) in [7, 11) is 7.40. The van der Waals surface area contributed by atoms with E-state index in [1.807, 2.05) is 50.8 Å². The van der Waals surface area contributed by atoms with Crippen molar-refractivity contribution in [3.05, 3.63) is 94.5 Å². The molecule has 1 fully saturated rings. The van der Waals surface area contributed by atoms with Crippen molar-refractivity contribution in [2.45, 2.75) is 26.3 Å². The number of rotatable bonds is 7. The number of carbonyl (C=O) groups is 3. The number of aromatic nitrogens is 3. The Bertz CT molecular complexity index is 2200. The number of allylic oxidation sites excluding steroid dienone is 1. The molecule has 12 heteroatoms. The summed E-state index contributed by atoms with van der Waals surface area (Å²) < 4.78 is 13.4. The molecule has 7 rings (SSSR count). The Hall–Kier alpha value is -5.88. The van der Waals surface area contributed by atoms with Crippen LogP contribution < -0.4 is 20.1 Å². The van der Waals surface area contributed by atoms with E-state index in [-0.39, 0.29) is 23.5 Å². The number of Topliss-reactive ketones (excluding diaryl/α,β-unsaturated/α-hetero) is 1. The van der Waals surface area contributed by atoms with E-state index in [4.69, 9.17) is 9.47 Å². The normalized spacial score (nSPS) is 16.5. The molecule has 256 valence electrons. The number of likely N-dealkylation sites (tertiary alicyclic amines) is 1. The molecule has 3 amide bonds. The van der Waals surface area contributed by atoms with Gasteiger partial charge in [0.25, 0.3) is 5.91 Å². The number of fused-ring (bicyclic) bond motifs is 2. The fourth-order valence-corrected chi connectivity index (χ4v) is 6.79. The van der Waals surface area contributed by atoms with Crippen molar-refractivity contribution in [2.75, 3.05) is 44.9 Å². The molecular weight excluding hydrogens is 634 g/mol. The number of aryl methyl sites for hydroxylation is 2. The van der Waals surface area contributed by atoms with Crippen LogP contribution in [0.1, 0.15) is 44.1 Å². The van der Waals surface area contributed by atoms with Gasteiger partial charge in [-0.15, -0.1) is 0 Å². The molecule has 5 aromatic rings. The number of urea groups is 1. The van der Waals surface area contributed by atoms with Crippen LogP contribution >= 0.6 is 0 Å². The first-order valence-electron chi connectivity index (χ1n) is 16.4. The summed E-state index contributed by atoms with van der Waals surface area (Å²) >= 11 is 0. The highest BCUT2D eigenvalue weighted by Gasteiger charge is 2.30. The predicted molar refractivity (Wildman–Crippen MR) is 193 cm³/mol. The van der Waals surface area contributed by atoms with E-state index in [1.165, 1.54) is 0 Å². The number of amides is 3. The average molecular weight is 674 g/mol. The first-order chi connectivity index (χ1) is 24.0. The van der Waals surface area contributed by atoms with E-state index >= 15 is 0 Å². The van der Waals surface area contributed by atoms with Gasteiger partial charge >= 0.3 is 6.03 Å². The molecule has 2 aliphatic rings. The topological polar surface area (TPSA) is 134 Å². The Morgan fingerprint density at radius 2 is 1.78 bits per heavy atom. The van der Waals surface area contributed by atoms with Crippen molar-refractivity contribution < 1.29 is 23.9 Å². The molecule has 1 unspecified atom stereocenters. The fraction of sp³-hybridized carbons (Fsp3) is 0.263. The molecule has 3 N–H and O–H groups in total. The van der Waals surface area contributed by atoms with Crippen molar-refractivity contribution in [1.29, 1.82) is 0 Å². The maximum absolute atomic E-state index is 13.7. The van der Waals surface area contributed by atoms with Crippen LogP contribution in [0, 0.1) is 13.8 Å². The Balaban J connectivity index is 1.08. The molecule has 0 radical (unpaired) electrons. The second-order valence-electron chi connectivity index (χ2n) is 12.9. The number of nitrogens with zero attached hydrogens (tertiary/aromatic N) is 4. The van der Waals surface area contributed by atoms with E-state index < -0.39 is 6.03 Å². The van der Waals surface area contributed by atoms with Crippen molar-refractivity contribution in [3.63, 3.8) is 0 Å². The Kier molecular flexibility index (Phi) is 8.40. The average Bonchev–Trinajstić information content (AvgIpc) is 3.84. The van der Waals surface area contributed by atoms with Gasteiger partial charge in [0.1, 0.15) is 11.5 Å². The Morgan fingerprint density at radius 1 is 1.04 bits per heavy atom. The SMILES string of the molecule is COc1ccc2[nH]c(-c3c(C)nn(C)c3C)c(C=C3Oc4ccc(NC(=O)Nc5ccc(C(=O)N(C)C6CCN(C)C6)cc5)cc4C3=O)c2c1. The zero-order chi connectivity index (χ0) is 35.3. The van der Waals surface area contributed by atoms with Crippen molar-refractivity contribution >= 4 is 46.1 Å². The number of nitrogens with one attached hydrogen (secondary N) is 3. The van der Waals surface area contributed by atoms with Gasteiger partial charge in [0, 0.05) is 71.3 Å². The summed E-state index contributed by atoms with van der Waals surface area (Å²) in [6.45, 7) is 5.78. The van der Waals surface area contributed by atoms with Gasteiger partial charge in [0.2, 0.25) is 5.78 Å². The van der Waals surface area contributed by atoms with Crippen LogP contribution in [0.2, 0.25) is 0 Å². The number of hydrogen-bond acceptors (Lipinski definition) is 7. The number of methoxy groups -OCH3 is 1. The monoisotopic (exact) mass is 673 g/mol. The maximum Gasteiger partial charge on any atom is 0.323 e. The van der Waals surface area contributed by atoms with Gasteiger partial charge in [-0.2, -0.15) is 5.10 Å². The lowest BCUT2D eigenvalue weighted by Gasteiger charge is -2.24. The highest BCUT2D eigenvalue weighted by molar-refractivity contribution is 6.16. The van der Waals surface area contributed by atoms with Gasteiger partial charge in [-0.3, -0.25) is 14.3 Å². The number of benzene rings is 3. The lowest BCUT2D eigenvalue weighted by molar-refractivity contribution is 0.0737. The van der Waals surface area contributed by atoms with Gasteiger partial charge < -0.3 is 34.9 Å². The van der Waals surface area contributed by atoms with Crippen molar-refractivity contribution in [2.24, 2.45) is 7.05 Å². The smallest absolute Gasteiger partial charge is 0.323 e. The maximum atomic E-state index is 13.7. The van der Waals surface area contributed by atoms with Crippen LogP contribution in [-0.4, -0.2) is 82.6 Å². The van der Waals surface area contributed by atoms with E-state index in [9.17, 15) is 14.4 Å². The van der Waals surface area contributed by atoms with Gasteiger partial charge in [0.05, 0.1) is 24.1 Å². The Labute approximate surface area is 289 Å². The van der Waals surface area contributed by atoms with Crippen LogP contribution in [0.5, 0.6) is 11.5 Å². The highest BCUT2D eigenvalue weighted by Crippen LogP contribution is 2.39. The molecular formula is C38H39N7O5. The molecule has 1 atom stereocenters. The molecule has 3 aromatic carbocycles. The Morgan fingerprint density at radius 3 is 2.46 bits per heavy atom. The minimum Gasteiger partial charge on any atom is -0.497 e. The van der Waals surface area contributed by atoms with Crippen LogP contribution in [0.3, 0.4) is 0 Å². The first-order valence-corrected chi connectivity index (χ1v) is 16.4. The lowest BCUT2D eigenvalue weighted by atomic mass is 10.0.